The minimum atomic E-state index is -1.59. The largest absolute Gasteiger partial charge is 0.490 e. The third kappa shape index (κ3) is 36.8. The van der Waals surface area contributed by atoms with Crippen molar-refractivity contribution in [1.29, 1.82) is 0 Å². The fourth-order valence-corrected chi connectivity index (χ4v) is 21.8. The molecule has 3 N–H and O–H groups in total. The number of hydrogen-bond donors (Lipinski definition) is 3. The van der Waals surface area contributed by atoms with Crippen LogP contribution >= 0.6 is 0 Å². The molecule has 0 aromatic heterocycles. The fraction of sp³-hybridized carbons (Fsp3) is 0.570. The average Bonchev–Trinajstić information content (AvgIpc) is 1.51. The van der Waals surface area contributed by atoms with Gasteiger partial charge < -0.3 is 86.6 Å². The van der Waals surface area contributed by atoms with Crippen molar-refractivity contribution in [2.24, 2.45) is 86.8 Å². The Morgan fingerprint density at radius 3 is 1.64 bits per heavy atom. The molecule has 21 unspecified atom stereocenters. The number of fused-ring (bicyclic) bond motifs is 17. The first kappa shape index (κ1) is 128. The van der Waals surface area contributed by atoms with Crippen LogP contribution < -0.4 is 10.1 Å². The molecule has 816 valence electrons. The van der Waals surface area contributed by atoms with E-state index < -0.39 is 60.3 Å². The second-order valence-corrected chi connectivity index (χ2v) is 38.6. The molecule has 0 radical (unpaired) electrons. The topological polar surface area (TPSA) is 469 Å². The highest BCUT2D eigenvalue weighted by Gasteiger charge is 2.72. The standard InChI is InChI=1S/C16H24O2.C15H19NO3.C15H12O7.C15H20O3.C13H18O2.C11H16O3.C9H10O6.C9H14O3.C7H9NO3.4CH4/c1-5-14(17)18-13-9-12-10-7-6-8-11(10)16(13,4)15(12,2)3;1-4-14(17)16-7-12-5-10(2)15(11(3)6-12)19-9-13-8-18-13;1-7(2)13(18)21-6-11(16)12(17)8-3-4-9-10(5-8)15(20)22-14(9)19;1-2-14(16)17-8-9-18-15-12-6-7-13(15)11-5-3-4-10(11)12;1-2-12(14)15-13-10-6-7-11(13)9-5-3-4-8(9)10;1-7(2)11(12)13-6-8-3-4-9-10(5-8)14-9;1-2-8(12)14-5-6-15-9(13)4-3-7(10)11;1-3-7-8(12-7)5-6-11-9(10)4-2;1-6(2)7(10)11-4-3-8-5-9;;;;/h5,10-13H,1,6-9H2,2-4H3;4-6,13H,1,7-9H2,2-3H3,(H,16,17);3-5,11,16H,1,6H2,2H3;2-4,10-13,15H,1,5-9H2;2,8-11,13H,1,3-7H2;8-10H,1,3-6H2,2H3;2-4H,1,5-6H2,(H,10,11);4,7-8H,2-3,5-6H2,1H3;1,3-4H2,2H3;4*1H4. The number of carbonyl (C=O) groups excluding carboxylic acids is 14. The van der Waals surface area contributed by atoms with E-state index in [-0.39, 0.29) is 138 Å². The van der Waals surface area contributed by atoms with Crippen molar-refractivity contribution >= 4 is 89.4 Å². The summed E-state index contributed by atoms with van der Waals surface area (Å²) in [5, 5.41) is 20.7. The van der Waals surface area contributed by atoms with Gasteiger partial charge in [-0.15, -0.1) is 0 Å². The number of aryl methyl sites for hydroxylation is 2. The molecule has 9 saturated carbocycles. The molecular weight excluding hydrogens is 1910 g/mol. The summed E-state index contributed by atoms with van der Waals surface area (Å²) in [7, 11) is 0. The number of aliphatic carboxylic acids is 1. The van der Waals surface area contributed by atoms with Gasteiger partial charge in [0.05, 0.1) is 74.6 Å². The van der Waals surface area contributed by atoms with Crippen LogP contribution in [0.25, 0.3) is 0 Å². The number of rotatable bonds is 38. The molecule has 4 aliphatic heterocycles. The van der Waals surface area contributed by atoms with E-state index >= 15 is 0 Å². The Kier molecular flexibility index (Phi) is 53.6. The lowest BCUT2D eigenvalue weighted by atomic mass is 9.64. The lowest BCUT2D eigenvalue weighted by Gasteiger charge is -2.43. The van der Waals surface area contributed by atoms with Crippen molar-refractivity contribution in [3.63, 3.8) is 0 Å². The van der Waals surface area contributed by atoms with E-state index in [2.05, 4.69) is 133 Å². The van der Waals surface area contributed by atoms with E-state index in [9.17, 15) is 77.0 Å². The number of carboxylic acid groups (broad SMARTS) is 1. The summed E-state index contributed by atoms with van der Waals surface area (Å²) in [6.07, 6.45) is 36.5. The number of carboxylic acids is 1. The van der Waals surface area contributed by atoms with Crippen molar-refractivity contribution in [3.8, 4) is 5.75 Å². The van der Waals surface area contributed by atoms with E-state index in [4.69, 9.17) is 52.5 Å². The number of aliphatic hydroxyl groups is 1. The van der Waals surface area contributed by atoms with Gasteiger partial charge in [0.15, 0.2) is 11.9 Å². The Hall–Kier alpha value is -12.5. The maximum absolute atomic E-state index is 12.0. The Balaban J connectivity index is 0.000000348. The predicted octanol–water partition coefficient (Wildman–Crippen LogP) is 16.8. The van der Waals surface area contributed by atoms with Crippen LogP contribution in [0.2, 0.25) is 0 Å². The van der Waals surface area contributed by atoms with Crippen LogP contribution in [0.15, 0.2) is 172 Å². The number of allylic oxidation sites excluding steroid dienone is 2. The van der Waals surface area contributed by atoms with Gasteiger partial charge in [-0.25, -0.2) is 67.3 Å². The zero-order valence-corrected chi connectivity index (χ0v) is 84.2. The molecule has 21 atom stereocenters. The summed E-state index contributed by atoms with van der Waals surface area (Å²) in [6.45, 7) is 51.6. The molecule has 14 aliphatic rings. The van der Waals surface area contributed by atoms with Crippen LogP contribution in [-0.4, -0.2) is 227 Å². The highest BCUT2D eigenvalue weighted by atomic mass is 16.6. The van der Waals surface area contributed by atoms with E-state index in [1.165, 1.54) is 126 Å². The third-order valence-electron chi connectivity index (χ3n) is 29.0. The average molecular weight is 2070 g/mol. The maximum atomic E-state index is 12.0. The first-order chi connectivity index (χ1) is 68.6. The van der Waals surface area contributed by atoms with Gasteiger partial charge in [0.2, 0.25) is 12.0 Å². The molecule has 10 aliphatic carbocycles. The number of ketones is 1. The highest BCUT2D eigenvalue weighted by molar-refractivity contribution is 6.16. The van der Waals surface area contributed by atoms with Crippen LogP contribution in [0.4, 0.5) is 0 Å². The summed E-state index contributed by atoms with van der Waals surface area (Å²) in [5.74, 6) is 1.97. The van der Waals surface area contributed by atoms with Gasteiger partial charge in [-0.05, 0) is 236 Å². The number of epoxide rings is 3. The molecule has 148 heavy (non-hydrogen) atoms. The number of hydrogen-bond acceptors (Lipinski definition) is 32. The molecule has 1 amide bonds. The Morgan fingerprint density at radius 1 is 0.554 bits per heavy atom. The Bertz CT molecular complexity index is 5080. The lowest BCUT2D eigenvalue weighted by Crippen LogP contribution is -2.43. The quantitative estimate of drug-likeness (QED) is 0.00537. The number of nitrogens with zero attached hydrogens (tertiary/aromatic N) is 1. The van der Waals surface area contributed by atoms with Gasteiger partial charge in [0, 0.05) is 83.2 Å². The number of nitrogens with one attached hydrogen (secondary N) is 1. The molecule has 3 saturated heterocycles. The second-order valence-electron chi connectivity index (χ2n) is 38.6. The Morgan fingerprint density at radius 2 is 1.09 bits per heavy atom. The third-order valence-corrected chi connectivity index (χ3v) is 29.0. The summed E-state index contributed by atoms with van der Waals surface area (Å²) in [5.41, 5.74) is 4.63. The molecule has 2 aromatic rings. The number of aliphatic hydroxyl groups excluding tert-OH is 1. The van der Waals surface area contributed by atoms with Crippen LogP contribution in [0.5, 0.6) is 5.75 Å². The SMILES string of the molecule is C.C.C.C.C=C(C)C(=O)OCC(O)C(=O)c1ccc2c(c1)C(=O)OC2=O.C=C(C)C(=O)OCC1CCC2OC2C1.C=C(C)C(=O)OCCN=C=O.C=CC(=O)NCc1cc(C)c(OCC2CO2)c(C)c1.C=CC(=O)OC1C2CCC1C1CCCC12.C=CC(=O)OC1CC2C3CCCC3C1(C)C2(C)C.C=CC(=O)OCCC1OC1CC.C=CC(=O)OCCOC(=O)C=CC(=O)O.C=CC(=O)OCCOC1C2CCC1C1CC=CC12. The van der Waals surface area contributed by atoms with Crippen LogP contribution in [0.1, 0.15) is 235 Å². The van der Waals surface area contributed by atoms with Gasteiger partial charge in [-0.1, -0.05) is 160 Å². The van der Waals surface area contributed by atoms with Gasteiger partial charge in [-0.3, -0.25) is 9.59 Å². The van der Waals surface area contributed by atoms with Gasteiger partial charge in [0.25, 0.3) is 0 Å². The van der Waals surface area contributed by atoms with Crippen LogP contribution in [0, 0.1) is 95.7 Å². The molecule has 16 rings (SSSR count). The van der Waals surface area contributed by atoms with Gasteiger partial charge >= 0.3 is 71.6 Å². The van der Waals surface area contributed by atoms with Gasteiger partial charge in [0.1, 0.15) is 63.7 Å². The van der Waals surface area contributed by atoms with Crippen molar-refractivity contribution < 1.29 is 153 Å². The molecule has 4 heterocycles. The Labute approximate surface area is 871 Å². The van der Waals surface area contributed by atoms with Crippen LogP contribution in [0.3, 0.4) is 0 Å². The van der Waals surface area contributed by atoms with E-state index in [0.29, 0.717) is 116 Å². The first-order valence-corrected chi connectivity index (χ1v) is 49.2. The van der Waals surface area contributed by atoms with E-state index in [0.717, 1.165) is 133 Å². The number of isocyanates is 1. The monoisotopic (exact) mass is 2070 g/mol. The van der Waals surface area contributed by atoms with Crippen molar-refractivity contribution in [2.45, 2.75) is 263 Å². The molecule has 12 fully saturated rings. The molecule has 34 heteroatoms. The second kappa shape index (κ2) is 62.1. The zero-order chi connectivity index (χ0) is 106. The molecule has 34 nitrogen and oxygen atoms in total. The number of ether oxygens (including phenoxy) is 15. The first-order valence-electron chi connectivity index (χ1n) is 49.2. The van der Waals surface area contributed by atoms with E-state index in [1.54, 1.807) is 13.8 Å². The number of amides is 1. The smallest absolute Gasteiger partial charge is 0.346 e. The van der Waals surface area contributed by atoms with Crippen molar-refractivity contribution in [3.05, 3.63) is 200 Å². The number of carbonyl (C=O) groups is 14. The van der Waals surface area contributed by atoms with Crippen molar-refractivity contribution in [1.82, 2.24) is 5.32 Å². The number of esters is 11. The molecule has 0 spiro atoms. The number of cyclic esters (lactones) is 2. The summed E-state index contributed by atoms with van der Waals surface area (Å²) < 4.78 is 76.3. The minimum Gasteiger partial charge on any atom is -0.490 e. The highest BCUT2D eigenvalue weighted by Crippen LogP contribution is 2.74. The summed E-state index contributed by atoms with van der Waals surface area (Å²) in [4.78, 5) is 167. The number of Topliss-reactive ketones (excluding diaryl/α,β-unsaturated/α-hetero) is 1. The van der Waals surface area contributed by atoms with Gasteiger partial charge in [-0.2, -0.15) is 0 Å². The maximum Gasteiger partial charge on any atom is 0.346 e. The normalized spacial score (nSPS) is 26.6. The van der Waals surface area contributed by atoms with Crippen molar-refractivity contribution in [2.75, 3.05) is 72.6 Å². The summed E-state index contributed by atoms with van der Waals surface area (Å²) >= 11 is 0. The minimum absolute atomic E-state index is 0. The number of benzene rings is 2. The number of aliphatic imine (C=N–C) groups is 1. The molecule has 6 bridgehead atoms. The van der Waals surface area contributed by atoms with Crippen LogP contribution in [-0.2, 0) is 130 Å². The lowest BCUT2D eigenvalue weighted by molar-refractivity contribution is -0.154. The molecule has 2 aromatic carbocycles. The molecular formula is C114H158N2O32. The fourth-order valence-electron chi connectivity index (χ4n) is 21.8. The predicted molar refractivity (Wildman–Crippen MR) is 552 cm³/mol. The zero-order valence-electron chi connectivity index (χ0n) is 84.2. The van der Waals surface area contributed by atoms with E-state index in [1.807, 2.05) is 26.0 Å². The summed E-state index contributed by atoms with van der Waals surface area (Å²) in [6, 6.07) is 7.76.